The molecule has 0 aliphatic heterocycles. The monoisotopic (exact) mass is 291 g/mol. The number of hydrogen-bond donors (Lipinski definition) is 1. The second-order valence-electron chi connectivity index (χ2n) is 4.98. The van der Waals surface area contributed by atoms with Gasteiger partial charge in [-0.2, -0.15) is 0 Å². The van der Waals surface area contributed by atoms with Gasteiger partial charge >= 0.3 is 0 Å². The number of anilines is 1. The molecular formula is C12H16BrF2N. The summed E-state index contributed by atoms with van der Waals surface area (Å²) in [6.45, 7) is 6.81. The molecule has 4 heteroatoms. The topological polar surface area (TPSA) is 12.0 Å². The Hall–Kier alpha value is -0.640. The van der Waals surface area contributed by atoms with E-state index in [1.165, 1.54) is 12.1 Å². The molecule has 1 N–H and O–H groups in total. The largest absolute Gasteiger partial charge is 0.380 e. The summed E-state index contributed by atoms with van der Waals surface area (Å²) < 4.78 is 27.2. The summed E-state index contributed by atoms with van der Waals surface area (Å²) in [5.74, 6) is -1.14. The van der Waals surface area contributed by atoms with Gasteiger partial charge in [-0.3, -0.25) is 0 Å². The quantitative estimate of drug-likeness (QED) is 0.860. The minimum atomic E-state index is -0.569. The first-order chi connectivity index (χ1) is 7.29. The first-order valence-corrected chi connectivity index (χ1v) is 5.97. The van der Waals surface area contributed by atoms with Gasteiger partial charge in [0.15, 0.2) is 0 Å². The molecule has 0 amide bonds. The van der Waals surface area contributed by atoms with E-state index in [2.05, 4.69) is 42.0 Å². The van der Waals surface area contributed by atoms with Crippen LogP contribution in [0.25, 0.3) is 0 Å². The zero-order chi connectivity index (χ0) is 12.3. The average Bonchev–Trinajstić information content (AvgIpc) is 2.07. The van der Waals surface area contributed by atoms with Crippen LogP contribution in [0.4, 0.5) is 14.5 Å². The number of rotatable bonds is 3. The highest BCUT2D eigenvalue weighted by molar-refractivity contribution is 9.10. The first kappa shape index (κ1) is 13.4. The van der Waals surface area contributed by atoms with E-state index in [0.717, 1.165) is 6.42 Å². The lowest BCUT2D eigenvalue weighted by atomic mass is 9.92. The molecule has 90 valence electrons. The van der Waals surface area contributed by atoms with Crippen LogP contribution >= 0.6 is 15.9 Å². The van der Waals surface area contributed by atoms with Gasteiger partial charge in [-0.15, -0.1) is 0 Å². The molecular weight excluding hydrogens is 276 g/mol. The summed E-state index contributed by atoms with van der Waals surface area (Å²) in [5, 5.41) is 2.79. The second kappa shape index (κ2) is 5.13. The zero-order valence-electron chi connectivity index (χ0n) is 9.70. The van der Waals surface area contributed by atoms with Gasteiger partial charge in [0, 0.05) is 11.0 Å². The molecule has 0 atom stereocenters. The highest BCUT2D eigenvalue weighted by Gasteiger charge is 2.13. The van der Waals surface area contributed by atoms with Crippen LogP contribution < -0.4 is 5.32 Å². The third-order valence-corrected chi connectivity index (χ3v) is 2.64. The Bertz CT molecular complexity index is 349. The molecule has 0 fully saturated rings. The summed E-state index contributed by atoms with van der Waals surface area (Å²) in [6, 6.07) is 2.50. The summed E-state index contributed by atoms with van der Waals surface area (Å²) in [4.78, 5) is 0. The van der Waals surface area contributed by atoms with Crippen LogP contribution in [0.3, 0.4) is 0 Å². The lowest BCUT2D eigenvalue weighted by Crippen LogP contribution is -2.14. The molecule has 16 heavy (non-hydrogen) atoms. The van der Waals surface area contributed by atoms with Crippen molar-refractivity contribution in [3.8, 4) is 0 Å². The second-order valence-corrected chi connectivity index (χ2v) is 5.90. The molecule has 0 saturated heterocycles. The molecule has 0 aliphatic carbocycles. The molecule has 0 heterocycles. The van der Waals surface area contributed by atoms with Crippen LogP contribution in [0, 0.1) is 17.0 Å². The standard InChI is InChI=1S/C12H16BrF2N/c1-12(2,3)4-5-16-11-9(14)6-8(13)7-10(11)15/h6-7,16H,4-5H2,1-3H3. The fourth-order valence-electron chi connectivity index (χ4n) is 1.27. The van der Waals surface area contributed by atoms with Gasteiger partial charge < -0.3 is 5.32 Å². The Morgan fingerprint density at radius 2 is 1.69 bits per heavy atom. The smallest absolute Gasteiger partial charge is 0.150 e. The van der Waals surface area contributed by atoms with E-state index >= 15 is 0 Å². The Labute approximate surface area is 103 Å². The molecule has 1 nitrogen and oxygen atoms in total. The number of halogens is 3. The zero-order valence-corrected chi connectivity index (χ0v) is 11.3. The highest BCUT2D eigenvalue weighted by atomic mass is 79.9. The number of hydrogen-bond acceptors (Lipinski definition) is 1. The van der Waals surface area contributed by atoms with Crippen molar-refractivity contribution in [3.05, 3.63) is 28.2 Å². The van der Waals surface area contributed by atoms with Crippen molar-refractivity contribution in [2.75, 3.05) is 11.9 Å². The van der Waals surface area contributed by atoms with Crippen LogP contribution in [0.2, 0.25) is 0 Å². The number of nitrogens with one attached hydrogen (secondary N) is 1. The van der Waals surface area contributed by atoms with Crippen molar-refractivity contribution in [2.45, 2.75) is 27.2 Å². The summed E-state index contributed by atoms with van der Waals surface area (Å²) >= 11 is 3.04. The van der Waals surface area contributed by atoms with Crippen LogP contribution in [0.1, 0.15) is 27.2 Å². The minimum absolute atomic E-state index is 0.0487. The van der Waals surface area contributed by atoms with Crippen LogP contribution in [0.5, 0.6) is 0 Å². The Kier molecular flexibility index (Phi) is 4.30. The lowest BCUT2D eigenvalue weighted by Gasteiger charge is -2.19. The fraction of sp³-hybridized carbons (Fsp3) is 0.500. The van der Waals surface area contributed by atoms with Crippen molar-refractivity contribution >= 4 is 21.6 Å². The van der Waals surface area contributed by atoms with Crippen molar-refractivity contribution in [1.29, 1.82) is 0 Å². The van der Waals surface area contributed by atoms with Gasteiger partial charge in [0.2, 0.25) is 0 Å². The lowest BCUT2D eigenvalue weighted by molar-refractivity contribution is 0.389. The molecule has 1 aromatic rings. The van der Waals surface area contributed by atoms with E-state index in [1.54, 1.807) is 0 Å². The molecule has 0 unspecified atom stereocenters. The van der Waals surface area contributed by atoms with E-state index in [4.69, 9.17) is 0 Å². The molecule has 0 spiro atoms. The van der Waals surface area contributed by atoms with Gasteiger partial charge in [-0.25, -0.2) is 8.78 Å². The van der Waals surface area contributed by atoms with Crippen LogP contribution in [0.15, 0.2) is 16.6 Å². The maximum absolute atomic E-state index is 13.4. The van der Waals surface area contributed by atoms with Gasteiger partial charge in [-0.05, 0) is 24.0 Å². The minimum Gasteiger partial charge on any atom is -0.380 e. The summed E-state index contributed by atoms with van der Waals surface area (Å²) in [5.41, 5.74) is 0.0995. The predicted molar refractivity (Wildman–Crippen MR) is 66.6 cm³/mol. The van der Waals surface area contributed by atoms with E-state index in [9.17, 15) is 8.78 Å². The third kappa shape index (κ3) is 4.08. The predicted octanol–water partition coefficient (Wildman–Crippen LogP) is 4.58. The molecule has 1 aromatic carbocycles. The van der Waals surface area contributed by atoms with E-state index in [1.807, 2.05) is 0 Å². The van der Waals surface area contributed by atoms with Gasteiger partial charge in [0.05, 0.1) is 0 Å². The average molecular weight is 292 g/mol. The van der Waals surface area contributed by atoms with Gasteiger partial charge in [0.1, 0.15) is 17.3 Å². The van der Waals surface area contributed by atoms with Crippen molar-refractivity contribution in [3.63, 3.8) is 0 Å². The van der Waals surface area contributed by atoms with Crippen LogP contribution in [-0.2, 0) is 0 Å². The molecule has 0 radical (unpaired) electrons. The first-order valence-electron chi connectivity index (χ1n) is 5.18. The summed E-state index contributed by atoms with van der Waals surface area (Å²) in [7, 11) is 0. The van der Waals surface area contributed by atoms with Gasteiger partial charge in [-0.1, -0.05) is 36.7 Å². The van der Waals surface area contributed by atoms with Crippen LogP contribution in [-0.4, -0.2) is 6.54 Å². The van der Waals surface area contributed by atoms with Gasteiger partial charge in [0.25, 0.3) is 0 Å². The SMILES string of the molecule is CC(C)(C)CCNc1c(F)cc(Br)cc1F. The van der Waals surface area contributed by atoms with E-state index in [-0.39, 0.29) is 11.1 Å². The van der Waals surface area contributed by atoms with Crippen molar-refractivity contribution in [1.82, 2.24) is 0 Å². The molecule has 1 rings (SSSR count). The van der Waals surface area contributed by atoms with Crippen molar-refractivity contribution in [2.24, 2.45) is 5.41 Å². The Morgan fingerprint density at radius 3 is 2.12 bits per heavy atom. The maximum atomic E-state index is 13.4. The maximum Gasteiger partial charge on any atom is 0.150 e. The fourth-order valence-corrected chi connectivity index (χ4v) is 1.68. The summed E-state index contributed by atoms with van der Waals surface area (Å²) in [6.07, 6.45) is 0.849. The highest BCUT2D eigenvalue weighted by Crippen LogP contribution is 2.25. The third-order valence-electron chi connectivity index (χ3n) is 2.18. The van der Waals surface area contributed by atoms with Crippen molar-refractivity contribution < 1.29 is 8.78 Å². The molecule has 0 bridgehead atoms. The molecule has 0 aromatic heterocycles. The molecule has 0 aliphatic rings. The van der Waals surface area contributed by atoms with E-state index < -0.39 is 11.6 Å². The Balaban J connectivity index is 2.68. The Morgan fingerprint density at radius 1 is 1.19 bits per heavy atom. The normalized spacial score (nSPS) is 11.6. The van der Waals surface area contributed by atoms with E-state index in [0.29, 0.717) is 11.0 Å². The number of benzene rings is 1. The molecule has 0 saturated carbocycles.